The predicted octanol–water partition coefficient (Wildman–Crippen LogP) is 0.475. The lowest BCUT2D eigenvalue weighted by molar-refractivity contribution is -0.0209. The number of pyridine rings is 1. The zero-order chi connectivity index (χ0) is 19.9. The van der Waals surface area contributed by atoms with Crippen molar-refractivity contribution >= 4 is 5.91 Å². The number of aromatic nitrogens is 1. The molecule has 2 aromatic rings. The van der Waals surface area contributed by atoms with E-state index in [2.05, 4.69) is 10.3 Å². The average molecular weight is 385 g/mol. The van der Waals surface area contributed by atoms with Crippen LogP contribution in [0.25, 0.3) is 0 Å². The molecule has 4 atom stereocenters. The van der Waals surface area contributed by atoms with Gasteiger partial charge in [-0.05, 0) is 31.3 Å². The van der Waals surface area contributed by atoms with Crippen molar-refractivity contribution in [2.75, 3.05) is 26.7 Å². The fourth-order valence-corrected chi connectivity index (χ4v) is 3.56. The highest BCUT2D eigenvalue weighted by Gasteiger charge is 2.45. The first-order valence-electron chi connectivity index (χ1n) is 9.48. The van der Waals surface area contributed by atoms with E-state index in [0.29, 0.717) is 12.1 Å². The summed E-state index contributed by atoms with van der Waals surface area (Å²) >= 11 is 0. The van der Waals surface area contributed by atoms with Crippen molar-refractivity contribution in [1.29, 1.82) is 0 Å². The molecular formula is C21H27N3O4. The lowest BCUT2D eigenvalue weighted by atomic mass is 10.0. The van der Waals surface area contributed by atoms with E-state index in [9.17, 15) is 15.0 Å². The van der Waals surface area contributed by atoms with Crippen LogP contribution in [0.4, 0.5) is 0 Å². The van der Waals surface area contributed by atoms with Crippen molar-refractivity contribution in [1.82, 2.24) is 15.2 Å². The fourth-order valence-electron chi connectivity index (χ4n) is 3.56. The van der Waals surface area contributed by atoms with Gasteiger partial charge < -0.3 is 20.3 Å². The second-order valence-corrected chi connectivity index (χ2v) is 7.00. The predicted molar refractivity (Wildman–Crippen MR) is 105 cm³/mol. The molecular weight excluding hydrogens is 358 g/mol. The second-order valence-electron chi connectivity index (χ2n) is 7.00. The van der Waals surface area contributed by atoms with Crippen LogP contribution in [0, 0.1) is 0 Å². The molecule has 3 rings (SSSR count). The van der Waals surface area contributed by atoms with Crippen LogP contribution in [0.2, 0.25) is 0 Å². The Morgan fingerprint density at radius 1 is 1.18 bits per heavy atom. The maximum atomic E-state index is 12.3. The number of carbonyl (C=O) groups excluding carboxylic acids is 1. The van der Waals surface area contributed by atoms with Crippen molar-refractivity contribution in [3.05, 3.63) is 66.0 Å². The molecule has 28 heavy (non-hydrogen) atoms. The van der Waals surface area contributed by atoms with Crippen LogP contribution in [0.5, 0.6) is 0 Å². The van der Waals surface area contributed by atoms with E-state index in [1.807, 2.05) is 36.2 Å². The summed E-state index contributed by atoms with van der Waals surface area (Å²) in [6.07, 6.45) is 0.562. The van der Waals surface area contributed by atoms with Gasteiger partial charge in [0.25, 0.3) is 5.91 Å². The largest absolute Gasteiger partial charge is 0.394 e. The molecule has 1 aliphatic rings. The van der Waals surface area contributed by atoms with E-state index in [-0.39, 0.29) is 25.1 Å². The van der Waals surface area contributed by atoms with Crippen molar-refractivity contribution in [2.45, 2.75) is 30.8 Å². The number of ether oxygens (including phenoxy) is 1. The summed E-state index contributed by atoms with van der Waals surface area (Å²) in [7, 11) is 1.91. The summed E-state index contributed by atoms with van der Waals surface area (Å²) in [5.41, 5.74) is 1.54. The molecule has 1 amide bonds. The molecule has 0 unspecified atom stereocenters. The van der Waals surface area contributed by atoms with Gasteiger partial charge in [0, 0.05) is 37.0 Å². The first-order chi connectivity index (χ1) is 13.6. The normalized spacial score (nSPS) is 24.4. The zero-order valence-electron chi connectivity index (χ0n) is 15.9. The minimum atomic E-state index is -0.836. The highest BCUT2D eigenvalue weighted by Crippen LogP contribution is 2.25. The molecule has 150 valence electrons. The Morgan fingerprint density at radius 3 is 2.61 bits per heavy atom. The maximum Gasteiger partial charge on any atom is 0.251 e. The van der Waals surface area contributed by atoms with E-state index in [0.717, 1.165) is 12.1 Å². The van der Waals surface area contributed by atoms with Gasteiger partial charge >= 0.3 is 0 Å². The quantitative estimate of drug-likeness (QED) is 0.612. The summed E-state index contributed by atoms with van der Waals surface area (Å²) in [5.74, 6) is -0.193. The second kappa shape index (κ2) is 9.75. The minimum absolute atomic E-state index is 0.193. The summed E-state index contributed by atoms with van der Waals surface area (Å²) in [4.78, 5) is 18.7. The molecule has 3 N–H and O–H groups in total. The van der Waals surface area contributed by atoms with Gasteiger partial charge in [-0.3, -0.25) is 14.7 Å². The van der Waals surface area contributed by atoms with E-state index in [1.165, 1.54) is 0 Å². The summed E-state index contributed by atoms with van der Waals surface area (Å²) < 4.78 is 5.82. The monoisotopic (exact) mass is 385 g/mol. The topological polar surface area (TPSA) is 94.9 Å². The molecule has 0 saturated carbocycles. The third-order valence-corrected chi connectivity index (χ3v) is 5.10. The number of hydrogen-bond donors (Lipinski definition) is 3. The van der Waals surface area contributed by atoms with Crippen LogP contribution in [0.15, 0.2) is 54.7 Å². The van der Waals surface area contributed by atoms with Crippen LogP contribution in [-0.4, -0.2) is 77.1 Å². The third kappa shape index (κ3) is 4.94. The minimum Gasteiger partial charge on any atom is -0.394 e. The van der Waals surface area contributed by atoms with Gasteiger partial charge in [-0.25, -0.2) is 0 Å². The SMILES string of the molecule is CN(CCc1ccccn1)[C@@H]1[C@H](O)[C@H](CO)O[C@@H]1CNC(=O)c1ccccc1. The van der Waals surface area contributed by atoms with Gasteiger partial charge in [-0.2, -0.15) is 0 Å². The highest BCUT2D eigenvalue weighted by atomic mass is 16.5. The van der Waals surface area contributed by atoms with E-state index >= 15 is 0 Å². The standard InChI is InChI=1S/C21H27N3O4/c1-24(12-10-16-9-5-6-11-22-16)19-17(28-18(14-25)20(19)26)13-23-21(27)15-7-3-2-4-8-15/h2-9,11,17-20,25-26H,10,12-14H2,1H3,(H,23,27)/t17-,18+,19+,20-/m1/s1. The van der Waals surface area contributed by atoms with Crippen LogP contribution in [-0.2, 0) is 11.2 Å². The van der Waals surface area contributed by atoms with Gasteiger partial charge in [0.2, 0.25) is 0 Å². The first-order valence-corrected chi connectivity index (χ1v) is 9.48. The molecule has 0 aliphatic carbocycles. The van der Waals surface area contributed by atoms with Gasteiger partial charge in [-0.15, -0.1) is 0 Å². The fraction of sp³-hybridized carbons (Fsp3) is 0.429. The van der Waals surface area contributed by atoms with Gasteiger partial charge in [0.1, 0.15) is 12.2 Å². The number of hydrogen-bond acceptors (Lipinski definition) is 6. The van der Waals surface area contributed by atoms with Crippen molar-refractivity contribution < 1.29 is 19.7 Å². The zero-order valence-corrected chi connectivity index (χ0v) is 15.9. The Balaban J connectivity index is 1.61. The van der Waals surface area contributed by atoms with Crippen molar-refractivity contribution in [3.63, 3.8) is 0 Å². The smallest absolute Gasteiger partial charge is 0.251 e. The van der Waals surface area contributed by atoms with E-state index < -0.39 is 18.3 Å². The molecule has 7 heteroatoms. The Morgan fingerprint density at radius 2 is 1.93 bits per heavy atom. The number of likely N-dealkylation sites (N-methyl/N-ethyl adjacent to an activating group) is 1. The van der Waals surface area contributed by atoms with Gasteiger partial charge in [-0.1, -0.05) is 24.3 Å². The van der Waals surface area contributed by atoms with Crippen molar-refractivity contribution in [3.8, 4) is 0 Å². The Hall–Kier alpha value is -2.32. The number of benzene rings is 1. The summed E-state index contributed by atoms with van der Waals surface area (Å²) in [6.45, 7) is 0.651. The molecule has 1 saturated heterocycles. The number of amides is 1. The average Bonchev–Trinajstić information content (AvgIpc) is 3.07. The van der Waals surface area contributed by atoms with Crippen LogP contribution < -0.4 is 5.32 Å². The first kappa shape index (κ1) is 20.4. The molecule has 0 bridgehead atoms. The van der Waals surface area contributed by atoms with Crippen LogP contribution >= 0.6 is 0 Å². The maximum absolute atomic E-state index is 12.3. The number of nitrogens with zero attached hydrogens (tertiary/aromatic N) is 2. The Kier molecular flexibility index (Phi) is 7.11. The number of rotatable bonds is 8. The van der Waals surface area contributed by atoms with E-state index in [1.54, 1.807) is 30.5 Å². The molecule has 1 fully saturated rings. The Labute approximate surface area is 165 Å². The molecule has 2 heterocycles. The number of nitrogens with one attached hydrogen (secondary N) is 1. The lowest BCUT2D eigenvalue weighted by Gasteiger charge is -2.30. The highest BCUT2D eigenvalue weighted by molar-refractivity contribution is 5.94. The molecule has 1 aliphatic heterocycles. The van der Waals surface area contributed by atoms with Crippen LogP contribution in [0.1, 0.15) is 16.1 Å². The summed E-state index contributed by atoms with van der Waals surface area (Å²) in [5, 5.41) is 23.0. The van der Waals surface area contributed by atoms with Crippen LogP contribution in [0.3, 0.4) is 0 Å². The summed E-state index contributed by atoms with van der Waals surface area (Å²) in [6, 6.07) is 14.4. The molecule has 0 radical (unpaired) electrons. The number of aliphatic hydroxyl groups is 2. The van der Waals surface area contributed by atoms with Gasteiger partial charge in [0.15, 0.2) is 0 Å². The molecule has 0 spiro atoms. The number of aliphatic hydroxyl groups excluding tert-OH is 2. The Bertz CT molecular complexity index is 744. The third-order valence-electron chi connectivity index (χ3n) is 5.10. The lowest BCUT2D eigenvalue weighted by Crippen LogP contribution is -2.50. The van der Waals surface area contributed by atoms with Gasteiger partial charge in [0.05, 0.1) is 18.8 Å². The molecule has 1 aromatic carbocycles. The van der Waals surface area contributed by atoms with Crippen molar-refractivity contribution in [2.24, 2.45) is 0 Å². The van der Waals surface area contributed by atoms with E-state index in [4.69, 9.17) is 4.74 Å². The molecule has 1 aromatic heterocycles. The number of carbonyl (C=O) groups is 1. The molecule has 7 nitrogen and oxygen atoms in total.